The van der Waals surface area contributed by atoms with E-state index in [0.717, 1.165) is 12.8 Å². The van der Waals surface area contributed by atoms with Crippen LogP contribution in [-0.4, -0.2) is 17.8 Å². The Hall–Kier alpha value is -1.94. The lowest BCUT2D eigenvalue weighted by Crippen LogP contribution is -2.36. The quantitative estimate of drug-likeness (QED) is 0.342. The Morgan fingerprint density at radius 1 is 1.00 bits per heavy atom. The maximum absolute atomic E-state index is 12.8. The van der Waals surface area contributed by atoms with Gasteiger partial charge in [-0.25, -0.2) is 4.79 Å². The van der Waals surface area contributed by atoms with E-state index in [4.69, 9.17) is 4.84 Å². The highest BCUT2D eigenvalue weighted by atomic mass is 16.7. The van der Waals surface area contributed by atoms with Crippen LogP contribution in [0.25, 0.3) is 0 Å². The molecule has 27 heavy (non-hydrogen) atoms. The number of nitrogens with one attached hydrogen (secondary N) is 1. The van der Waals surface area contributed by atoms with Gasteiger partial charge < -0.3 is 4.84 Å². The molecule has 0 heterocycles. The molecule has 3 aliphatic rings. The summed E-state index contributed by atoms with van der Waals surface area (Å²) in [4.78, 5) is 30.4. The molecule has 4 rings (SSSR count). The molecule has 3 aliphatic carbocycles. The summed E-state index contributed by atoms with van der Waals surface area (Å²) in [6, 6.07) is 7.10. The van der Waals surface area contributed by atoms with Gasteiger partial charge in [0.15, 0.2) is 0 Å². The first-order valence-corrected chi connectivity index (χ1v) is 10.4. The summed E-state index contributed by atoms with van der Waals surface area (Å²) < 4.78 is 0. The third kappa shape index (κ3) is 3.86. The van der Waals surface area contributed by atoms with Crippen LogP contribution in [0.15, 0.2) is 36.4 Å². The van der Waals surface area contributed by atoms with Crippen LogP contribution >= 0.6 is 0 Å². The Morgan fingerprint density at radius 3 is 2.19 bits per heavy atom. The van der Waals surface area contributed by atoms with Gasteiger partial charge in [0.25, 0.3) is 0 Å². The summed E-state index contributed by atoms with van der Waals surface area (Å²) in [7, 11) is 0. The number of rotatable bonds is 6. The topological polar surface area (TPSA) is 58.2 Å². The minimum absolute atomic E-state index is 0.0980. The number of Topliss-reactive ketones (excluding diaryl/α,β-unsaturated/α-hetero) is 1. The molecule has 1 aromatic rings. The van der Waals surface area contributed by atoms with Crippen molar-refractivity contribution in [3.63, 3.8) is 0 Å². The van der Waals surface area contributed by atoms with Crippen molar-refractivity contribution in [1.29, 1.82) is 0 Å². The Kier molecular flexibility index (Phi) is 5.44. The van der Waals surface area contributed by atoms with E-state index >= 15 is 0 Å². The molecule has 0 saturated heterocycles. The van der Waals surface area contributed by atoms with Crippen LogP contribution in [0.2, 0.25) is 0 Å². The maximum atomic E-state index is 12.8. The third-order valence-electron chi connectivity index (χ3n) is 6.76. The maximum Gasteiger partial charge on any atom is 0.478 e. The van der Waals surface area contributed by atoms with Crippen LogP contribution in [-0.2, 0) is 4.84 Å². The second-order valence-electron chi connectivity index (χ2n) is 8.45. The summed E-state index contributed by atoms with van der Waals surface area (Å²) in [5.41, 5.74) is 4.10. The number of benzene rings is 1. The number of ketones is 1. The Bertz CT molecular complexity index is 704. The first-order chi connectivity index (χ1) is 13.1. The molecule has 2 saturated carbocycles. The number of carbonyl (C=O) groups is 2. The fraction of sp³-hybridized carbons (Fsp3) is 0.565. The van der Waals surface area contributed by atoms with Gasteiger partial charge in [0.2, 0.25) is 4.79 Å². The Balaban J connectivity index is 1.32. The van der Waals surface area contributed by atoms with Crippen molar-refractivity contribution >= 4 is 11.8 Å². The molecular weight excluding hydrogens is 338 g/mol. The minimum atomic E-state index is -0.390. The monoisotopic (exact) mass is 367 g/mol. The summed E-state index contributed by atoms with van der Waals surface area (Å²) in [6.07, 6.45) is 12.9. The predicted molar refractivity (Wildman–Crippen MR) is 104 cm³/mol. The summed E-state index contributed by atoms with van der Waals surface area (Å²) >= 11 is 0. The summed E-state index contributed by atoms with van der Waals surface area (Å²) in [5, 5.41) is 0. The zero-order chi connectivity index (χ0) is 18.8. The highest BCUT2D eigenvalue weighted by Crippen LogP contribution is 2.45. The number of allylic oxidation sites excluding steroid dienone is 2. The number of hydroxylamine groups is 1. The first kappa shape index (κ1) is 18.4. The molecule has 1 N–H and O–H groups in total. The molecule has 4 atom stereocenters. The predicted octanol–water partition coefficient (Wildman–Crippen LogP) is 4.71. The van der Waals surface area contributed by atoms with E-state index in [9.17, 15) is 9.59 Å². The van der Waals surface area contributed by atoms with Gasteiger partial charge in [0.1, 0.15) is 5.92 Å². The van der Waals surface area contributed by atoms with Gasteiger partial charge in [-0.2, -0.15) is 0 Å². The standard InChI is InChI=1S/C23H29NO3/c1-15(16-5-3-2-4-6-16)24-27-23(26)20-13-11-19(12-14-20)22(25)21-17-7-8-18(21)10-9-17/h7-8,11-18,21,24H,2-6,9-10H2,1H3/q+1/t15-,17-,18+,21?/m0/s1. The van der Waals surface area contributed by atoms with E-state index in [1.54, 1.807) is 24.3 Å². The van der Waals surface area contributed by atoms with Crippen molar-refractivity contribution in [3.8, 4) is 0 Å². The molecule has 0 aromatic heterocycles. The van der Waals surface area contributed by atoms with Gasteiger partial charge in [0.05, 0.1) is 11.1 Å². The van der Waals surface area contributed by atoms with Crippen molar-refractivity contribution in [1.82, 2.24) is 5.48 Å². The zero-order valence-electron chi connectivity index (χ0n) is 16.0. The van der Waals surface area contributed by atoms with Gasteiger partial charge in [-0.3, -0.25) is 0 Å². The Morgan fingerprint density at radius 2 is 1.59 bits per heavy atom. The van der Waals surface area contributed by atoms with Crippen molar-refractivity contribution < 1.29 is 14.4 Å². The van der Waals surface area contributed by atoms with Crippen molar-refractivity contribution in [3.05, 3.63) is 47.5 Å². The molecule has 0 spiro atoms. The van der Waals surface area contributed by atoms with Crippen LogP contribution in [0.4, 0.5) is 0 Å². The normalized spacial score (nSPS) is 28.3. The average molecular weight is 367 g/mol. The molecule has 2 fully saturated rings. The fourth-order valence-electron chi connectivity index (χ4n) is 5.07. The van der Waals surface area contributed by atoms with Crippen LogP contribution < -0.4 is 5.48 Å². The molecule has 1 unspecified atom stereocenters. The van der Waals surface area contributed by atoms with Crippen molar-refractivity contribution in [2.75, 3.05) is 0 Å². The highest BCUT2D eigenvalue weighted by molar-refractivity contribution is 6.00. The summed E-state index contributed by atoms with van der Waals surface area (Å²) in [5.74, 6) is 1.29. The van der Waals surface area contributed by atoms with Gasteiger partial charge in [-0.15, -0.1) is 5.48 Å². The van der Waals surface area contributed by atoms with E-state index in [1.165, 1.54) is 32.1 Å². The third-order valence-corrected chi connectivity index (χ3v) is 6.76. The number of hydrogen-bond acceptors (Lipinski definition) is 4. The molecule has 1 radical (unpaired) electrons. The second-order valence-corrected chi connectivity index (χ2v) is 8.45. The van der Waals surface area contributed by atoms with Crippen LogP contribution in [0, 0.1) is 23.7 Å². The average Bonchev–Trinajstić information content (AvgIpc) is 3.32. The molecular formula is C23H29NO3+. The summed E-state index contributed by atoms with van der Waals surface area (Å²) in [6.45, 7) is 2.08. The lowest BCUT2D eigenvalue weighted by Gasteiger charge is -2.27. The number of fused-ring (bicyclic) bond motifs is 2. The van der Waals surface area contributed by atoms with Gasteiger partial charge in [-0.05, 0) is 74.6 Å². The second kappa shape index (κ2) is 7.97. The van der Waals surface area contributed by atoms with Crippen LogP contribution in [0.5, 0.6) is 0 Å². The largest absolute Gasteiger partial charge is 0.478 e. The molecule has 143 valence electrons. The van der Waals surface area contributed by atoms with E-state index in [1.807, 2.05) is 0 Å². The molecule has 2 bridgehead atoms. The first-order valence-electron chi connectivity index (χ1n) is 10.4. The Labute approximate surface area is 161 Å². The molecule has 4 nitrogen and oxygen atoms in total. The van der Waals surface area contributed by atoms with Gasteiger partial charge >= 0.3 is 11.8 Å². The highest BCUT2D eigenvalue weighted by Gasteiger charge is 2.49. The van der Waals surface area contributed by atoms with E-state index in [2.05, 4.69) is 24.6 Å². The fourth-order valence-corrected chi connectivity index (χ4v) is 5.07. The SMILES string of the molecule is C[C@H](NOC(=O)c1ccc(C(=[O+])C2[C@@H]3C=C[C@H]2CC3)cc1)C1CCCCC1. The van der Waals surface area contributed by atoms with Crippen molar-refractivity contribution in [2.24, 2.45) is 23.7 Å². The van der Waals surface area contributed by atoms with E-state index in [-0.39, 0.29) is 23.7 Å². The van der Waals surface area contributed by atoms with Gasteiger partial charge in [0, 0.05) is 6.04 Å². The lowest BCUT2D eigenvalue weighted by atomic mass is 9.85. The lowest BCUT2D eigenvalue weighted by molar-refractivity contribution is 0.00825. The van der Waals surface area contributed by atoms with Gasteiger partial charge in [-0.1, -0.05) is 31.4 Å². The minimum Gasteiger partial charge on any atom is -0.366 e. The molecule has 0 amide bonds. The van der Waals surface area contributed by atoms with Crippen LogP contribution in [0.1, 0.15) is 72.6 Å². The molecule has 4 heteroatoms. The number of hydrogen-bond donors (Lipinski definition) is 1. The van der Waals surface area contributed by atoms with Crippen LogP contribution in [0.3, 0.4) is 0 Å². The van der Waals surface area contributed by atoms with Crippen molar-refractivity contribution in [2.45, 2.75) is 57.9 Å². The molecule has 1 aromatic carbocycles. The smallest absolute Gasteiger partial charge is 0.366 e. The molecule has 0 aliphatic heterocycles. The van der Waals surface area contributed by atoms with E-state index in [0.29, 0.717) is 28.9 Å². The van der Waals surface area contributed by atoms with E-state index < -0.39 is 0 Å². The number of carbonyl (C=O) groups excluding carboxylic acids is 2. The zero-order valence-corrected chi connectivity index (χ0v) is 16.0.